The molecule has 138 valence electrons. The maximum atomic E-state index is 13.4. The molecule has 5 nitrogen and oxygen atoms in total. The second-order valence-corrected chi connectivity index (χ2v) is 5.94. The third kappa shape index (κ3) is 4.54. The SMILES string of the molecule is Cc1cc(C)nc(SCC(=O)N/N=C/c2c(F)c(F)c(F)c(F)c2F)n1. The number of aromatic nitrogens is 2. The normalized spacial score (nSPS) is 11.2. The molecule has 11 heteroatoms. The van der Waals surface area contributed by atoms with Crippen LogP contribution in [0.2, 0.25) is 0 Å². The highest BCUT2D eigenvalue weighted by atomic mass is 32.2. The van der Waals surface area contributed by atoms with Gasteiger partial charge >= 0.3 is 0 Å². The first-order chi connectivity index (χ1) is 12.2. The van der Waals surface area contributed by atoms with Gasteiger partial charge in [0.1, 0.15) is 0 Å². The Kier molecular flexibility index (Phi) is 6.24. The van der Waals surface area contributed by atoms with Crippen LogP contribution in [0.15, 0.2) is 16.3 Å². The summed E-state index contributed by atoms with van der Waals surface area (Å²) in [4.78, 5) is 19.8. The summed E-state index contributed by atoms with van der Waals surface area (Å²) in [5.41, 5.74) is 2.09. The van der Waals surface area contributed by atoms with Crippen LogP contribution in [-0.2, 0) is 4.79 Å². The van der Waals surface area contributed by atoms with E-state index in [1.54, 1.807) is 19.9 Å². The van der Waals surface area contributed by atoms with Crippen LogP contribution < -0.4 is 5.43 Å². The number of halogens is 5. The van der Waals surface area contributed by atoms with Crippen LogP contribution in [0.25, 0.3) is 0 Å². The third-order valence-corrected chi connectivity index (χ3v) is 3.77. The molecule has 0 bridgehead atoms. The number of thioether (sulfide) groups is 1. The number of hydrogen-bond acceptors (Lipinski definition) is 5. The van der Waals surface area contributed by atoms with Gasteiger partial charge in [-0.05, 0) is 19.9 Å². The van der Waals surface area contributed by atoms with Crippen molar-refractivity contribution in [1.29, 1.82) is 0 Å². The van der Waals surface area contributed by atoms with E-state index in [0.29, 0.717) is 22.8 Å². The van der Waals surface area contributed by atoms with Gasteiger partial charge in [-0.1, -0.05) is 11.8 Å². The topological polar surface area (TPSA) is 67.2 Å². The van der Waals surface area contributed by atoms with Crippen molar-refractivity contribution in [2.24, 2.45) is 5.10 Å². The molecule has 1 aromatic heterocycles. The van der Waals surface area contributed by atoms with Crippen LogP contribution in [0, 0.1) is 42.9 Å². The van der Waals surface area contributed by atoms with Crippen molar-refractivity contribution < 1.29 is 26.7 Å². The Labute approximate surface area is 148 Å². The molecule has 0 saturated heterocycles. The first-order valence-corrected chi connectivity index (χ1v) is 7.97. The molecule has 2 rings (SSSR count). The summed E-state index contributed by atoms with van der Waals surface area (Å²) in [5.74, 6) is -11.4. The Morgan fingerprint density at radius 3 is 2.08 bits per heavy atom. The highest BCUT2D eigenvalue weighted by Crippen LogP contribution is 2.21. The second-order valence-electron chi connectivity index (χ2n) is 5.00. The number of amides is 1. The quantitative estimate of drug-likeness (QED) is 0.162. The molecule has 0 unspecified atom stereocenters. The van der Waals surface area contributed by atoms with E-state index in [2.05, 4.69) is 15.1 Å². The number of nitrogens with zero attached hydrogens (tertiary/aromatic N) is 3. The molecule has 1 heterocycles. The van der Waals surface area contributed by atoms with E-state index in [4.69, 9.17) is 0 Å². The number of aryl methyl sites for hydroxylation is 2. The van der Waals surface area contributed by atoms with Crippen molar-refractivity contribution in [2.45, 2.75) is 19.0 Å². The van der Waals surface area contributed by atoms with E-state index in [-0.39, 0.29) is 5.75 Å². The first-order valence-electron chi connectivity index (χ1n) is 6.99. The molecule has 1 N–H and O–H groups in total. The van der Waals surface area contributed by atoms with E-state index in [0.717, 1.165) is 11.8 Å². The number of nitrogens with one attached hydrogen (secondary N) is 1. The summed E-state index contributed by atoms with van der Waals surface area (Å²) >= 11 is 0.990. The highest BCUT2D eigenvalue weighted by Gasteiger charge is 2.24. The molecular weight excluding hydrogens is 379 g/mol. The minimum Gasteiger partial charge on any atom is -0.272 e. The largest absolute Gasteiger partial charge is 0.272 e. The lowest BCUT2D eigenvalue weighted by atomic mass is 10.2. The zero-order valence-electron chi connectivity index (χ0n) is 13.4. The van der Waals surface area contributed by atoms with Gasteiger partial charge in [0.05, 0.1) is 17.5 Å². The Bertz CT molecular complexity index is 842. The van der Waals surface area contributed by atoms with E-state index in [9.17, 15) is 26.7 Å². The number of carbonyl (C=O) groups excluding carboxylic acids is 1. The molecule has 0 spiro atoms. The molecule has 0 fully saturated rings. The lowest BCUT2D eigenvalue weighted by molar-refractivity contribution is -0.118. The monoisotopic (exact) mass is 390 g/mol. The lowest BCUT2D eigenvalue weighted by Crippen LogP contribution is -2.20. The van der Waals surface area contributed by atoms with E-state index < -0.39 is 40.6 Å². The first kappa shape index (κ1) is 19.8. The Balaban J connectivity index is 2.01. The van der Waals surface area contributed by atoms with Gasteiger partial charge in [-0.2, -0.15) is 5.10 Å². The van der Waals surface area contributed by atoms with Crippen molar-refractivity contribution in [1.82, 2.24) is 15.4 Å². The Morgan fingerprint density at radius 1 is 1.04 bits per heavy atom. The molecule has 0 aliphatic carbocycles. The Hall–Kier alpha value is -2.56. The van der Waals surface area contributed by atoms with Crippen molar-refractivity contribution in [3.63, 3.8) is 0 Å². The molecular formula is C15H11F5N4OS. The minimum atomic E-state index is -2.27. The number of hydrazone groups is 1. The van der Waals surface area contributed by atoms with Gasteiger partial charge in [0.2, 0.25) is 5.82 Å². The van der Waals surface area contributed by atoms with Gasteiger partial charge in [0.25, 0.3) is 5.91 Å². The number of carbonyl (C=O) groups is 1. The fraction of sp³-hybridized carbons (Fsp3) is 0.200. The van der Waals surface area contributed by atoms with Crippen LogP contribution in [0.3, 0.4) is 0 Å². The third-order valence-electron chi connectivity index (χ3n) is 2.92. The summed E-state index contributed by atoms with van der Waals surface area (Å²) in [6.07, 6.45) is 0.339. The predicted molar refractivity (Wildman–Crippen MR) is 84.2 cm³/mol. The molecule has 26 heavy (non-hydrogen) atoms. The molecule has 0 radical (unpaired) electrons. The summed E-state index contributed by atoms with van der Waals surface area (Å²) in [5, 5.41) is 3.56. The molecule has 1 amide bonds. The van der Waals surface area contributed by atoms with Crippen LogP contribution in [0.5, 0.6) is 0 Å². The number of benzene rings is 1. The van der Waals surface area contributed by atoms with Crippen molar-refractivity contribution in [2.75, 3.05) is 5.75 Å². The second kappa shape index (κ2) is 8.21. The lowest BCUT2D eigenvalue weighted by Gasteiger charge is -2.04. The molecule has 0 aliphatic rings. The zero-order valence-corrected chi connectivity index (χ0v) is 14.2. The minimum absolute atomic E-state index is 0.169. The van der Waals surface area contributed by atoms with Gasteiger partial charge in [-0.25, -0.2) is 37.3 Å². The molecule has 0 saturated carbocycles. The summed E-state index contributed by atoms with van der Waals surface area (Å²) in [6, 6.07) is 1.75. The van der Waals surface area contributed by atoms with Crippen LogP contribution in [0.4, 0.5) is 22.0 Å². The fourth-order valence-corrected chi connectivity index (χ4v) is 2.57. The number of hydrogen-bond donors (Lipinski definition) is 1. The Morgan fingerprint density at radius 2 is 1.54 bits per heavy atom. The van der Waals surface area contributed by atoms with Gasteiger partial charge in [-0.15, -0.1) is 0 Å². The fourth-order valence-electron chi connectivity index (χ4n) is 1.82. The van der Waals surface area contributed by atoms with Gasteiger partial charge in [0, 0.05) is 11.4 Å². The van der Waals surface area contributed by atoms with Gasteiger partial charge < -0.3 is 0 Å². The smallest absolute Gasteiger partial charge is 0.250 e. The summed E-state index contributed by atoms with van der Waals surface area (Å²) < 4.78 is 65.8. The van der Waals surface area contributed by atoms with E-state index in [1.807, 2.05) is 5.43 Å². The summed E-state index contributed by atoms with van der Waals surface area (Å²) in [7, 11) is 0. The standard InChI is InChI=1S/C15H11F5N4OS/c1-6-3-7(2)23-15(22-6)26-5-9(25)24-21-4-8-10(16)12(18)14(20)13(19)11(8)17/h3-4H,5H2,1-2H3,(H,24,25)/b21-4+. The predicted octanol–water partition coefficient (Wildman–Crippen LogP) is 3.03. The van der Waals surface area contributed by atoms with Crippen molar-refractivity contribution >= 4 is 23.9 Å². The molecule has 0 aliphatic heterocycles. The number of rotatable bonds is 5. The zero-order chi connectivity index (χ0) is 19.4. The molecule has 2 aromatic rings. The molecule has 0 atom stereocenters. The maximum absolute atomic E-state index is 13.4. The highest BCUT2D eigenvalue weighted by molar-refractivity contribution is 7.99. The summed E-state index contributed by atoms with van der Waals surface area (Å²) in [6.45, 7) is 3.51. The van der Waals surface area contributed by atoms with Crippen molar-refractivity contribution in [3.05, 3.63) is 52.1 Å². The van der Waals surface area contributed by atoms with E-state index >= 15 is 0 Å². The van der Waals surface area contributed by atoms with Gasteiger partial charge in [-0.3, -0.25) is 4.79 Å². The van der Waals surface area contributed by atoms with Gasteiger partial charge in [0.15, 0.2) is 28.4 Å². The van der Waals surface area contributed by atoms with Crippen LogP contribution >= 0.6 is 11.8 Å². The average molecular weight is 390 g/mol. The average Bonchev–Trinajstić information content (AvgIpc) is 2.58. The van der Waals surface area contributed by atoms with Crippen molar-refractivity contribution in [3.8, 4) is 0 Å². The molecule has 1 aromatic carbocycles. The van der Waals surface area contributed by atoms with Crippen LogP contribution in [0.1, 0.15) is 17.0 Å². The van der Waals surface area contributed by atoms with Crippen LogP contribution in [-0.4, -0.2) is 27.8 Å². The van der Waals surface area contributed by atoms with E-state index in [1.165, 1.54) is 0 Å². The maximum Gasteiger partial charge on any atom is 0.250 e.